The molecule has 1 aliphatic heterocycles. The minimum Gasteiger partial charge on any atom is -0.270 e. The Kier molecular flexibility index (Phi) is 4.23. The van der Waals surface area contributed by atoms with E-state index < -0.39 is 34.2 Å². The summed E-state index contributed by atoms with van der Waals surface area (Å²) in [6, 6.07) is 0.751. The fourth-order valence-electron chi connectivity index (χ4n) is 1.68. The minimum atomic E-state index is -4.58. The van der Waals surface area contributed by atoms with E-state index in [0.717, 1.165) is 22.0 Å². The largest absolute Gasteiger partial charge is 0.435 e. The summed E-state index contributed by atoms with van der Waals surface area (Å²) in [5.74, 6) is -1.11. The predicted molar refractivity (Wildman–Crippen MR) is 63.5 cm³/mol. The maximum atomic E-state index is 12.4. The van der Waals surface area contributed by atoms with Crippen molar-refractivity contribution < 1.29 is 31.2 Å². The second-order valence-electron chi connectivity index (χ2n) is 4.38. The van der Waals surface area contributed by atoms with Crippen molar-refractivity contribution in [3.8, 4) is 0 Å². The standard InChI is InChI=1S/C10H12F3N3O4S/c11-10(12,13)8-1-2-15(14-8)7-9(17)16-3-5-21(18,19)6-4-20-16/h1-2H,3-7H2. The van der Waals surface area contributed by atoms with Crippen molar-refractivity contribution in [3.63, 3.8) is 0 Å². The highest BCUT2D eigenvalue weighted by Gasteiger charge is 2.34. The fraction of sp³-hybridized carbons (Fsp3) is 0.600. The van der Waals surface area contributed by atoms with E-state index in [2.05, 4.69) is 5.10 Å². The lowest BCUT2D eigenvalue weighted by atomic mass is 10.4. The van der Waals surface area contributed by atoms with Crippen LogP contribution in [0.2, 0.25) is 0 Å². The third-order valence-electron chi connectivity index (χ3n) is 2.75. The predicted octanol–water partition coefficient (Wildman–Crippen LogP) is 0.0905. The van der Waals surface area contributed by atoms with E-state index in [1.165, 1.54) is 0 Å². The smallest absolute Gasteiger partial charge is 0.270 e. The average Bonchev–Trinajstić information content (AvgIpc) is 2.73. The Hall–Kier alpha value is -1.62. The van der Waals surface area contributed by atoms with Gasteiger partial charge in [0.25, 0.3) is 5.91 Å². The monoisotopic (exact) mass is 327 g/mol. The van der Waals surface area contributed by atoms with Crippen LogP contribution < -0.4 is 0 Å². The maximum Gasteiger partial charge on any atom is 0.435 e. The van der Waals surface area contributed by atoms with Crippen molar-refractivity contribution in [3.05, 3.63) is 18.0 Å². The highest BCUT2D eigenvalue weighted by Crippen LogP contribution is 2.27. The van der Waals surface area contributed by atoms with Gasteiger partial charge >= 0.3 is 6.18 Å². The molecule has 0 atom stereocenters. The SMILES string of the molecule is O=C(Cn1ccc(C(F)(F)F)n1)N1CCS(=O)(=O)CCO1. The number of carbonyl (C=O) groups is 1. The number of amides is 1. The van der Waals surface area contributed by atoms with Gasteiger partial charge < -0.3 is 0 Å². The van der Waals surface area contributed by atoms with E-state index in [4.69, 9.17) is 4.84 Å². The quantitative estimate of drug-likeness (QED) is 0.769. The Bertz CT molecular complexity index is 626. The normalized spacial score (nSPS) is 19.3. The number of halogens is 3. The number of sulfone groups is 1. The van der Waals surface area contributed by atoms with Crippen molar-refractivity contribution in [2.75, 3.05) is 24.7 Å². The topological polar surface area (TPSA) is 81.5 Å². The van der Waals surface area contributed by atoms with Gasteiger partial charge in [-0.2, -0.15) is 18.3 Å². The molecular formula is C10H12F3N3O4S. The summed E-state index contributed by atoms with van der Waals surface area (Å²) in [5, 5.41) is 4.09. The van der Waals surface area contributed by atoms with Gasteiger partial charge in [-0.1, -0.05) is 0 Å². The summed E-state index contributed by atoms with van der Waals surface area (Å²) in [7, 11) is -3.26. The van der Waals surface area contributed by atoms with Crippen LogP contribution in [0.5, 0.6) is 0 Å². The third kappa shape index (κ3) is 4.17. The Morgan fingerprint density at radius 2 is 2.10 bits per heavy atom. The second-order valence-corrected chi connectivity index (χ2v) is 6.68. The van der Waals surface area contributed by atoms with Gasteiger partial charge in [-0.05, 0) is 6.07 Å². The van der Waals surface area contributed by atoms with Gasteiger partial charge in [0, 0.05) is 6.20 Å². The minimum absolute atomic E-state index is 0.158. The third-order valence-corrected chi connectivity index (χ3v) is 4.35. The summed E-state index contributed by atoms with van der Waals surface area (Å²) in [6.45, 7) is -0.786. The molecule has 1 aliphatic rings. The lowest BCUT2D eigenvalue weighted by Gasteiger charge is -2.18. The molecule has 1 saturated heterocycles. The molecule has 0 unspecified atom stereocenters. The van der Waals surface area contributed by atoms with Crippen LogP contribution in [0.1, 0.15) is 5.69 Å². The van der Waals surface area contributed by atoms with E-state index >= 15 is 0 Å². The number of alkyl halides is 3. The number of nitrogens with zero attached hydrogens (tertiary/aromatic N) is 3. The first-order chi connectivity index (χ1) is 9.67. The number of carbonyl (C=O) groups excluding carboxylic acids is 1. The van der Waals surface area contributed by atoms with Crippen molar-refractivity contribution >= 4 is 15.7 Å². The molecular weight excluding hydrogens is 315 g/mol. The summed E-state index contributed by atoms with van der Waals surface area (Å²) >= 11 is 0. The number of hydrogen-bond donors (Lipinski definition) is 0. The summed E-state index contributed by atoms with van der Waals surface area (Å²) in [4.78, 5) is 16.8. The number of aromatic nitrogens is 2. The van der Waals surface area contributed by atoms with E-state index in [9.17, 15) is 26.4 Å². The zero-order valence-electron chi connectivity index (χ0n) is 10.7. The Morgan fingerprint density at radius 1 is 1.38 bits per heavy atom. The lowest BCUT2D eigenvalue weighted by molar-refractivity contribution is -0.182. The molecule has 21 heavy (non-hydrogen) atoms. The average molecular weight is 327 g/mol. The first-order valence-corrected chi connectivity index (χ1v) is 7.74. The Labute approximate surface area is 118 Å². The van der Waals surface area contributed by atoms with Gasteiger partial charge in [-0.3, -0.25) is 14.3 Å². The molecule has 0 aromatic carbocycles. The van der Waals surface area contributed by atoms with E-state index in [-0.39, 0.29) is 24.7 Å². The summed E-state index contributed by atoms with van der Waals surface area (Å²) in [6.07, 6.45) is -3.56. The molecule has 2 rings (SSSR count). The molecule has 11 heteroatoms. The number of rotatable bonds is 2. The number of hydroxylamine groups is 2. The molecule has 1 fully saturated rings. The molecule has 1 amide bonds. The van der Waals surface area contributed by atoms with Crippen molar-refractivity contribution in [2.45, 2.75) is 12.7 Å². The molecule has 0 N–H and O–H groups in total. The maximum absolute atomic E-state index is 12.4. The van der Waals surface area contributed by atoms with E-state index in [0.29, 0.717) is 0 Å². The van der Waals surface area contributed by atoms with Crippen LogP contribution >= 0.6 is 0 Å². The molecule has 0 saturated carbocycles. The van der Waals surface area contributed by atoms with Crippen LogP contribution in [0.25, 0.3) is 0 Å². The van der Waals surface area contributed by atoms with Gasteiger partial charge in [-0.15, -0.1) is 0 Å². The van der Waals surface area contributed by atoms with Gasteiger partial charge in [0.1, 0.15) is 6.54 Å². The van der Waals surface area contributed by atoms with Crippen LogP contribution in [0.3, 0.4) is 0 Å². The highest BCUT2D eigenvalue weighted by atomic mass is 32.2. The van der Waals surface area contributed by atoms with Gasteiger partial charge in [0.2, 0.25) is 0 Å². The first kappa shape index (κ1) is 15.8. The fourth-order valence-corrected chi connectivity index (χ4v) is 2.65. The van der Waals surface area contributed by atoms with Crippen LogP contribution in [-0.4, -0.2) is 53.8 Å². The second kappa shape index (κ2) is 5.64. The van der Waals surface area contributed by atoms with E-state index in [1.807, 2.05) is 0 Å². The molecule has 1 aromatic heterocycles. The zero-order chi connectivity index (χ0) is 15.7. The molecule has 0 bridgehead atoms. The van der Waals surface area contributed by atoms with Gasteiger partial charge in [-0.25, -0.2) is 13.5 Å². The Balaban J connectivity index is 2.00. The molecule has 2 heterocycles. The van der Waals surface area contributed by atoms with Crippen LogP contribution in [0, 0.1) is 0 Å². The summed E-state index contributed by atoms with van der Waals surface area (Å²) < 4.78 is 60.6. The zero-order valence-corrected chi connectivity index (χ0v) is 11.5. The molecule has 1 aromatic rings. The van der Waals surface area contributed by atoms with Crippen molar-refractivity contribution in [1.82, 2.24) is 14.8 Å². The van der Waals surface area contributed by atoms with Crippen molar-refractivity contribution in [1.29, 1.82) is 0 Å². The van der Waals surface area contributed by atoms with E-state index in [1.54, 1.807) is 0 Å². The van der Waals surface area contributed by atoms with Crippen LogP contribution in [-0.2, 0) is 32.2 Å². The molecule has 7 nitrogen and oxygen atoms in total. The van der Waals surface area contributed by atoms with Gasteiger partial charge in [0.05, 0.1) is 24.7 Å². The molecule has 0 aliphatic carbocycles. The molecule has 0 radical (unpaired) electrons. The molecule has 0 spiro atoms. The van der Waals surface area contributed by atoms with Gasteiger partial charge in [0.15, 0.2) is 15.5 Å². The number of hydrogen-bond acceptors (Lipinski definition) is 5. The first-order valence-electron chi connectivity index (χ1n) is 5.92. The van der Waals surface area contributed by atoms with Crippen molar-refractivity contribution in [2.24, 2.45) is 0 Å². The summed E-state index contributed by atoms with van der Waals surface area (Å²) in [5.41, 5.74) is -1.10. The Morgan fingerprint density at radius 3 is 2.71 bits per heavy atom. The van der Waals surface area contributed by atoms with Crippen LogP contribution in [0.4, 0.5) is 13.2 Å². The molecule has 118 valence electrons. The lowest BCUT2D eigenvalue weighted by Crippen LogP contribution is -2.35. The highest BCUT2D eigenvalue weighted by molar-refractivity contribution is 7.91. The van der Waals surface area contributed by atoms with Crippen LogP contribution in [0.15, 0.2) is 12.3 Å².